The van der Waals surface area contributed by atoms with E-state index < -0.39 is 0 Å². The number of piperidine rings is 1. The Labute approximate surface area is 181 Å². The average Bonchev–Trinajstić information content (AvgIpc) is 3.26. The summed E-state index contributed by atoms with van der Waals surface area (Å²) in [5.74, 6) is 2.06. The first kappa shape index (κ1) is 20.7. The van der Waals surface area contributed by atoms with Crippen LogP contribution in [0.15, 0.2) is 46.9 Å². The van der Waals surface area contributed by atoms with Crippen molar-refractivity contribution >= 4 is 17.0 Å². The summed E-state index contributed by atoms with van der Waals surface area (Å²) in [5.41, 5.74) is 2.16. The highest BCUT2D eigenvalue weighted by Gasteiger charge is 2.27. The van der Waals surface area contributed by atoms with Gasteiger partial charge in [0.1, 0.15) is 5.52 Å². The van der Waals surface area contributed by atoms with E-state index in [4.69, 9.17) is 19.2 Å². The molecule has 3 aromatic rings. The quantitative estimate of drug-likeness (QED) is 0.531. The molecular weight excluding hydrogens is 394 g/mol. The molecule has 7 nitrogen and oxygen atoms in total. The van der Waals surface area contributed by atoms with Gasteiger partial charge in [-0.3, -0.25) is 4.79 Å². The van der Waals surface area contributed by atoms with Crippen molar-refractivity contribution in [3.63, 3.8) is 0 Å². The third-order valence-corrected chi connectivity index (χ3v) is 5.52. The summed E-state index contributed by atoms with van der Waals surface area (Å²) in [4.78, 5) is 19.2. The normalized spacial score (nSPS) is 16.1. The number of hydrogen-bond acceptors (Lipinski definition) is 6. The molecule has 31 heavy (non-hydrogen) atoms. The Morgan fingerprint density at radius 1 is 1.29 bits per heavy atom. The monoisotopic (exact) mass is 419 g/mol. The summed E-state index contributed by atoms with van der Waals surface area (Å²) in [6, 6.07) is 14.9. The number of carbonyl (C=O) groups is 1. The number of fused-ring (bicyclic) bond motifs is 1. The molecule has 1 aromatic heterocycles. The fourth-order valence-corrected chi connectivity index (χ4v) is 3.89. The van der Waals surface area contributed by atoms with Crippen molar-refractivity contribution in [1.82, 2.24) is 9.88 Å². The lowest BCUT2D eigenvalue weighted by Gasteiger charge is -2.31. The minimum atomic E-state index is 0.121. The van der Waals surface area contributed by atoms with Crippen LogP contribution in [0.3, 0.4) is 0 Å². The van der Waals surface area contributed by atoms with Crippen LogP contribution in [0.4, 0.5) is 0 Å². The summed E-state index contributed by atoms with van der Waals surface area (Å²) in [5, 5.41) is 8.98. The number of nitriles is 1. The molecule has 0 N–H and O–H groups in total. The first-order chi connectivity index (χ1) is 15.2. The van der Waals surface area contributed by atoms with Crippen LogP contribution in [-0.2, 0) is 4.79 Å². The number of hydrogen-bond donors (Lipinski definition) is 0. The Bertz CT molecular complexity index is 1070. The van der Waals surface area contributed by atoms with Crippen molar-refractivity contribution in [2.75, 3.05) is 26.8 Å². The van der Waals surface area contributed by atoms with E-state index >= 15 is 0 Å². The van der Waals surface area contributed by atoms with E-state index in [1.54, 1.807) is 18.2 Å². The summed E-state index contributed by atoms with van der Waals surface area (Å²) < 4.78 is 17.0. The van der Waals surface area contributed by atoms with Crippen LogP contribution in [0, 0.1) is 11.3 Å². The summed E-state index contributed by atoms with van der Waals surface area (Å²) in [6.07, 6.45) is 2.93. The molecule has 0 spiro atoms. The standard InChI is InChI=1S/C24H25N3O4/c1-29-22-14-17(15-25)10-11-21(22)30-13-5-9-23(28)27-12-4-6-18(16-27)24-26-19-7-2-3-8-20(19)31-24/h2-3,7-8,10-11,14,18H,4-6,9,12-13,16H2,1H3. The van der Waals surface area contributed by atoms with Crippen molar-refractivity contribution in [3.05, 3.63) is 53.9 Å². The molecule has 0 radical (unpaired) electrons. The number of rotatable bonds is 7. The van der Waals surface area contributed by atoms with Gasteiger partial charge in [0.2, 0.25) is 5.91 Å². The minimum absolute atomic E-state index is 0.121. The van der Waals surface area contributed by atoms with Gasteiger partial charge in [-0.15, -0.1) is 0 Å². The number of benzene rings is 2. The van der Waals surface area contributed by atoms with E-state index in [9.17, 15) is 4.79 Å². The molecule has 1 fully saturated rings. The third-order valence-electron chi connectivity index (χ3n) is 5.52. The van der Waals surface area contributed by atoms with E-state index in [2.05, 4.69) is 11.1 Å². The second kappa shape index (κ2) is 9.52. The van der Waals surface area contributed by atoms with Crippen LogP contribution in [0.2, 0.25) is 0 Å². The van der Waals surface area contributed by atoms with Crippen LogP contribution in [-0.4, -0.2) is 42.6 Å². The van der Waals surface area contributed by atoms with Crippen LogP contribution >= 0.6 is 0 Å². The van der Waals surface area contributed by atoms with E-state index in [0.29, 0.717) is 43.1 Å². The second-order valence-electron chi connectivity index (χ2n) is 7.63. The third kappa shape index (κ3) is 4.80. The predicted molar refractivity (Wildman–Crippen MR) is 115 cm³/mol. The number of carbonyl (C=O) groups excluding carboxylic acids is 1. The zero-order valence-corrected chi connectivity index (χ0v) is 17.5. The Hall–Kier alpha value is -3.53. The molecule has 2 aromatic carbocycles. The Kier molecular flexibility index (Phi) is 6.37. The van der Waals surface area contributed by atoms with E-state index in [-0.39, 0.29) is 11.8 Å². The highest BCUT2D eigenvalue weighted by Crippen LogP contribution is 2.30. The zero-order valence-electron chi connectivity index (χ0n) is 17.5. The molecule has 1 aliphatic heterocycles. The lowest BCUT2D eigenvalue weighted by atomic mass is 9.97. The van der Waals surface area contributed by atoms with Gasteiger partial charge in [-0.05, 0) is 43.5 Å². The van der Waals surface area contributed by atoms with E-state index in [0.717, 1.165) is 36.4 Å². The molecule has 2 heterocycles. The molecular formula is C24H25N3O4. The summed E-state index contributed by atoms with van der Waals surface area (Å²) >= 11 is 0. The molecule has 0 saturated carbocycles. The van der Waals surface area contributed by atoms with Crippen molar-refractivity contribution < 1.29 is 18.7 Å². The van der Waals surface area contributed by atoms with Gasteiger partial charge in [-0.2, -0.15) is 5.26 Å². The summed E-state index contributed by atoms with van der Waals surface area (Å²) in [7, 11) is 1.54. The second-order valence-corrected chi connectivity index (χ2v) is 7.63. The maximum absolute atomic E-state index is 12.7. The largest absolute Gasteiger partial charge is 0.493 e. The maximum atomic E-state index is 12.7. The van der Waals surface area contributed by atoms with Crippen molar-refractivity contribution in [1.29, 1.82) is 5.26 Å². The molecule has 0 bridgehead atoms. The highest BCUT2D eigenvalue weighted by atomic mass is 16.5. The topological polar surface area (TPSA) is 88.6 Å². The van der Waals surface area contributed by atoms with Crippen molar-refractivity contribution in [3.8, 4) is 17.6 Å². The van der Waals surface area contributed by atoms with Gasteiger partial charge >= 0.3 is 0 Å². The number of para-hydroxylation sites is 2. The zero-order chi connectivity index (χ0) is 21.6. The van der Waals surface area contributed by atoms with E-state index in [1.165, 1.54) is 7.11 Å². The number of nitrogens with zero attached hydrogens (tertiary/aromatic N) is 3. The smallest absolute Gasteiger partial charge is 0.222 e. The number of likely N-dealkylation sites (tertiary alicyclic amines) is 1. The number of oxazole rings is 1. The average molecular weight is 419 g/mol. The van der Waals surface area contributed by atoms with Gasteiger partial charge in [0.25, 0.3) is 0 Å². The van der Waals surface area contributed by atoms with Gasteiger partial charge in [-0.25, -0.2) is 4.98 Å². The van der Waals surface area contributed by atoms with Crippen LogP contribution in [0.5, 0.6) is 11.5 Å². The fraction of sp³-hybridized carbons (Fsp3) is 0.375. The maximum Gasteiger partial charge on any atom is 0.222 e. The first-order valence-electron chi connectivity index (χ1n) is 10.5. The molecule has 1 unspecified atom stereocenters. The SMILES string of the molecule is COc1cc(C#N)ccc1OCCCC(=O)N1CCCC(c2nc3ccccc3o2)C1. The van der Waals surface area contributed by atoms with Gasteiger partial charge in [0.05, 0.1) is 31.3 Å². The van der Waals surface area contributed by atoms with Crippen LogP contribution in [0.1, 0.15) is 43.1 Å². The number of amides is 1. The summed E-state index contributed by atoms with van der Waals surface area (Å²) in [6.45, 7) is 1.80. The Morgan fingerprint density at radius 2 is 2.16 bits per heavy atom. The lowest BCUT2D eigenvalue weighted by molar-refractivity contribution is -0.132. The molecule has 1 aliphatic rings. The predicted octanol–water partition coefficient (Wildman–Crippen LogP) is 4.27. The van der Waals surface area contributed by atoms with Crippen molar-refractivity contribution in [2.45, 2.75) is 31.6 Å². The van der Waals surface area contributed by atoms with Gasteiger partial charge in [0, 0.05) is 25.6 Å². The number of ether oxygens (including phenoxy) is 2. The van der Waals surface area contributed by atoms with Crippen molar-refractivity contribution in [2.24, 2.45) is 0 Å². The molecule has 0 aliphatic carbocycles. The molecule has 1 atom stereocenters. The van der Waals surface area contributed by atoms with Gasteiger partial charge in [-0.1, -0.05) is 12.1 Å². The van der Waals surface area contributed by atoms with Crippen LogP contribution < -0.4 is 9.47 Å². The van der Waals surface area contributed by atoms with E-state index in [1.807, 2.05) is 29.2 Å². The minimum Gasteiger partial charge on any atom is -0.493 e. The lowest BCUT2D eigenvalue weighted by Crippen LogP contribution is -2.39. The molecule has 1 amide bonds. The fourth-order valence-electron chi connectivity index (χ4n) is 3.89. The molecule has 7 heteroatoms. The molecule has 160 valence electrons. The Balaban J connectivity index is 1.28. The first-order valence-corrected chi connectivity index (χ1v) is 10.5. The molecule has 4 rings (SSSR count). The Morgan fingerprint density at radius 3 is 2.97 bits per heavy atom. The number of methoxy groups -OCH3 is 1. The highest BCUT2D eigenvalue weighted by molar-refractivity contribution is 5.76. The van der Waals surface area contributed by atoms with Gasteiger partial charge < -0.3 is 18.8 Å². The molecule has 1 saturated heterocycles. The van der Waals surface area contributed by atoms with Gasteiger partial charge in [0.15, 0.2) is 23.0 Å². The number of aromatic nitrogens is 1. The van der Waals surface area contributed by atoms with Crippen LogP contribution in [0.25, 0.3) is 11.1 Å².